The Balaban J connectivity index is 2.30. The van der Waals surface area contributed by atoms with Crippen LogP contribution in [0.4, 0.5) is 0 Å². The van der Waals surface area contributed by atoms with E-state index >= 15 is 0 Å². The highest BCUT2D eigenvalue weighted by molar-refractivity contribution is 6.65. The van der Waals surface area contributed by atoms with Crippen molar-refractivity contribution in [1.29, 1.82) is 0 Å². The quantitative estimate of drug-likeness (QED) is 0.318. The Morgan fingerprint density at radius 1 is 0.571 bits per heavy atom. The average Bonchev–Trinajstić information content (AvgIpc) is 2.52. The lowest BCUT2D eigenvalue weighted by Crippen LogP contribution is -2.31. The summed E-state index contributed by atoms with van der Waals surface area (Å²) in [6.45, 7) is 0. The van der Waals surface area contributed by atoms with Crippen LogP contribution in [0.1, 0.15) is 0 Å². The van der Waals surface area contributed by atoms with E-state index in [2.05, 4.69) is 18.2 Å². The normalized spacial score (nSPS) is 11.3. The molecule has 0 heterocycles. The molecule has 0 saturated heterocycles. The first kappa shape index (κ1) is 12.4. The maximum Gasteiger partial charge on any atom is 0.489 e. The van der Waals surface area contributed by atoms with Crippen LogP contribution in [0.2, 0.25) is 0 Å². The first-order valence-corrected chi connectivity index (χ1v) is 6.95. The second kappa shape index (κ2) is 4.59. The molecule has 4 aromatic rings. The molecule has 100 valence electrons. The molecule has 0 saturated carbocycles. The van der Waals surface area contributed by atoms with Gasteiger partial charge in [0.1, 0.15) is 0 Å². The molecule has 2 nitrogen and oxygen atoms in total. The van der Waals surface area contributed by atoms with Gasteiger partial charge in [-0.2, -0.15) is 0 Å². The van der Waals surface area contributed by atoms with Gasteiger partial charge >= 0.3 is 7.12 Å². The number of benzene rings is 4. The zero-order valence-corrected chi connectivity index (χ0v) is 11.3. The number of rotatable bonds is 1. The minimum absolute atomic E-state index is 0.578. The Hall–Kier alpha value is -2.36. The molecule has 0 aliphatic heterocycles. The zero-order valence-electron chi connectivity index (χ0n) is 11.3. The fourth-order valence-corrected chi connectivity index (χ4v) is 3.13. The van der Waals surface area contributed by atoms with Crippen molar-refractivity contribution in [2.24, 2.45) is 0 Å². The highest BCUT2D eigenvalue weighted by atomic mass is 16.4. The van der Waals surface area contributed by atoms with E-state index in [1.807, 2.05) is 48.5 Å². The van der Waals surface area contributed by atoms with Crippen LogP contribution in [0.3, 0.4) is 0 Å². The smallest absolute Gasteiger partial charge is 0.423 e. The van der Waals surface area contributed by atoms with E-state index in [0.29, 0.717) is 5.46 Å². The van der Waals surface area contributed by atoms with Gasteiger partial charge in [0.25, 0.3) is 0 Å². The molecule has 4 aromatic carbocycles. The first-order chi connectivity index (χ1) is 10.3. The van der Waals surface area contributed by atoms with Gasteiger partial charge in [-0.05, 0) is 43.8 Å². The van der Waals surface area contributed by atoms with Gasteiger partial charge in [-0.15, -0.1) is 0 Å². The van der Waals surface area contributed by atoms with E-state index in [1.54, 1.807) is 0 Å². The summed E-state index contributed by atoms with van der Waals surface area (Å²) in [7, 11) is -1.49. The van der Waals surface area contributed by atoms with Crippen LogP contribution in [-0.2, 0) is 0 Å². The third-order valence-corrected chi connectivity index (χ3v) is 4.07. The summed E-state index contributed by atoms with van der Waals surface area (Å²) in [6, 6.07) is 22.1. The topological polar surface area (TPSA) is 40.5 Å². The Kier molecular flexibility index (Phi) is 2.71. The molecule has 0 bridgehead atoms. The molecule has 2 N–H and O–H groups in total. The largest absolute Gasteiger partial charge is 0.489 e. The predicted octanol–water partition coefficient (Wildman–Crippen LogP) is 2.83. The molecule has 0 aliphatic carbocycles. The van der Waals surface area contributed by atoms with Crippen LogP contribution < -0.4 is 5.46 Å². The molecule has 0 amide bonds. The van der Waals surface area contributed by atoms with E-state index in [9.17, 15) is 10.0 Å². The van der Waals surface area contributed by atoms with Gasteiger partial charge in [0.05, 0.1) is 0 Å². The van der Waals surface area contributed by atoms with E-state index in [4.69, 9.17) is 0 Å². The fourth-order valence-electron chi connectivity index (χ4n) is 3.13. The van der Waals surface area contributed by atoms with E-state index < -0.39 is 7.12 Å². The molecular weight excluding hydrogens is 259 g/mol. The van der Waals surface area contributed by atoms with Gasteiger partial charge in [0, 0.05) is 0 Å². The lowest BCUT2D eigenvalue weighted by atomic mass is 9.73. The van der Waals surface area contributed by atoms with Crippen LogP contribution in [0.5, 0.6) is 0 Å². The van der Waals surface area contributed by atoms with Crippen molar-refractivity contribution in [2.75, 3.05) is 0 Å². The Morgan fingerprint density at radius 2 is 1.24 bits per heavy atom. The number of hydrogen-bond acceptors (Lipinski definition) is 2. The Bertz CT molecular complexity index is 976. The first-order valence-electron chi connectivity index (χ1n) is 6.95. The second-order valence-corrected chi connectivity index (χ2v) is 5.27. The van der Waals surface area contributed by atoms with Crippen LogP contribution >= 0.6 is 0 Å². The third-order valence-electron chi connectivity index (χ3n) is 4.07. The number of fused-ring (bicyclic) bond motifs is 4. The van der Waals surface area contributed by atoms with Crippen molar-refractivity contribution in [3.63, 3.8) is 0 Å². The minimum Gasteiger partial charge on any atom is -0.423 e. The second-order valence-electron chi connectivity index (χ2n) is 5.27. The molecule has 0 fully saturated rings. The Morgan fingerprint density at radius 3 is 2.00 bits per heavy atom. The molecule has 0 unspecified atom stereocenters. The van der Waals surface area contributed by atoms with Crippen molar-refractivity contribution in [2.45, 2.75) is 0 Å². The van der Waals surface area contributed by atoms with E-state index in [1.165, 1.54) is 0 Å². The predicted molar refractivity (Wildman–Crippen MR) is 88.8 cm³/mol. The van der Waals surface area contributed by atoms with Gasteiger partial charge in [-0.3, -0.25) is 0 Å². The summed E-state index contributed by atoms with van der Waals surface area (Å²) < 4.78 is 0. The van der Waals surface area contributed by atoms with E-state index in [0.717, 1.165) is 32.3 Å². The summed E-state index contributed by atoms with van der Waals surface area (Å²) in [5.74, 6) is 0. The van der Waals surface area contributed by atoms with Crippen LogP contribution in [0, 0.1) is 0 Å². The molecule has 3 heteroatoms. The molecule has 21 heavy (non-hydrogen) atoms. The van der Waals surface area contributed by atoms with Crippen LogP contribution in [-0.4, -0.2) is 17.2 Å². The van der Waals surface area contributed by atoms with Crippen molar-refractivity contribution in [1.82, 2.24) is 0 Å². The number of hydrogen-bond donors (Lipinski definition) is 2. The van der Waals surface area contributed by atoms with Crippen LogP contribution in [0.25, 0.3) is 32.3 Å². The summed E-state index contributed by atoms with van der Waals surface area (Å²) in [5, 5.41) is 25.8. The summed E-state index contributed by atoms with van der Waals surface area (Å²) in [4.78, 5) is 0. The van der Waals surface area contributed by atoms with Gasteiger partial charge < -0.3 is 10.0 Å². The Labute approximate surface area is 122 Å². The molecule has 0 atom stereocenters. The van der Waals surface area contributed by atoms with Crippen molar-refractivity contribution in [3.8, 4) is 0 Å². The molecule has 0 aromatic heterocycles. The molecule has 0 radical (unpaired) electrons. The standard InChI is InChI=1S/C18H13BO2/c20-19(21)18-15-8-4-2-6-13(15)11-17-14-7-3-1-5-12(14)9-10-16(17)18/h1-11,20-21H. The summed E-state index contributed by atoms with van der Waals surface area (Å²) in [6.07, 6.45) is 0. The molecule has 0 aliphatic rings. The zero-order chi connectivity index (χ0) is 14.4. The van der Waals surface area contributed by atoms with Crippen molar-refractivity contribution in [3.05, 3.63) is 66.7 Å². The SMILES string of the molecule is OB(O)c1c2ccccc2cc2c1ccc1ccccc12. The van der Waals surface area contributed by atoms with Crippen molar-refractivity contribution >= 4 is 44.9 Å². The maximum absolute atomic E-state index is 9.85. The van der Waals surface area contributed by atoms with Gasteiger partial charge in [-0.1, -0.05) is 60.7 Å². The highest BCUT2D eigenvalue weighted by Crippen LogP contribution is 2.28. The third kappa shape index (κ3) is 1.83. The molecule has 4 rings (SSSR count). The van der Waals surface area contributed by atoms with Crippen molar-refractivity contribution < 1.29 is 10.0 Å². The highest BCUT2D eigenvalue weighted by Gasteiger charge is 2.19. The maximum atomic E-state index is 9.85. The molecular formula is C18H13BO2. The fraction of sp³-hybridized carbons (Fsp3) is 0. The minimum atomic E-state index is -1.49. The summed E-state index contributed by atoms with van der Waals surface area (Å²) in [5.41, 5.74) is 0.578. The van der Waals surface area contributed by atoms with Gasteiger partial charge in [0.2, 0.25) is 0 Å². The monoisotopic (exact) mass is 272 g/mol. The van der Waals surface area contributed by atoms with Gasteiger partial charge in [-0.25, -0.2) is 0 Å². The van der Waals surface area contributed by atoms with Crippen LogP contribution in [0.15, 0.2) is 66.7 Å². The lowest BCUT2D eigenvalue weighted by molar-refractivity contribution is 0.426. The lowest BCUT2D eigenvalue weighted by Gasteiger charge is -2.12. The molecule has 0 spiro atoms. The summed E-state index contributed by atoms with van der Waals surface area (Å²) >= 11 is 0. The van der Waals surface area contributed by atoms with E-state index in [-0.39, 0.29) is 0 Å². The van der Waals surface area contributed by atoms with Gasteiger partial charge in [0.15, 0.2) is 0 Å². The average molecular weight is 272 g/mol.